The number of hydrogen-bond acceptors (Lipinski definition) is 4. The molecule has 1 fully saturated rings. The van der Waals surface area contributed by atoms with Gasteiger partial charge in [0.15, 0.2) is 6.29 Å². The van der Waals surface area contributed by atoms with Crippen LogP contribution in [0.1, 0.15) is 30.3 Å². The Hall–Kier alpha value is -1.87. The molecule has 0 aliphatic carbocycles. The molecular formula is C13H15ClN4O2. The predicted molar refractivity (Wildman–Crippen MR) is 72.2 cm³/mol. The maximum Gasteiger partial charge on any atom is 0.219 e. The number of carbonyl (C=O) groups is 2. The Morgan fingerprint density at radius 1 is 1.60 bits per heavy atom. The van der Waals surface area contributed by atoms with Crippen molar-refractivity contribution in [3.8, 4) is 6.07 Å². The van der Waals surface area contributed by atoms with Crippen molar-refractivity contribution in [1.29, 1.82) is 5.26 Å². The van der Waals surface area contributed by atoms with Gasteiger partial charge in [-0.15, -0.1) is 0 Å². The van der Waals surface area contributed by atoms with Crippen molar-refractivity contribution in [2.75, 3.05) is 13.1 Å². The first-order valence-corrected chi connectivity index (χ1v) is 6.72. The van der Waals surface area contributed by atoms with Crippen molar-refractivity contribution in [2.45, 2.75) is 26.3 Å². The van der Waals surface area contributed by atoms with Crippen LogP contribution in [0.3, 0.4) is 0 Å². The van der Waals surface area contributed by atoms with E-state index >= 15 is 0 Å². The van der Waals surface area contributed by atoms with E-state index in [2.05, 4.69) is 11.2 Å². The third-order valence-corrected chi connectivity index (χ3v) is 4.09. The molecule has 1 aliphatic rings. The van der Waals surface area contributed by atoms with Gasteiger partial charge in [0.05, 0.1) is 29.2 Å². The highest BCUT2D eigenvalue weighted by Gasteiger charge is 2.36. The minimum Gasteiger partial charge on any atom is -0.343 e. The monoisotopic (exact) mass is 294 g/mol. The SMILES string of the molecule is CC(=O)N1CCC(C#N)(Cn2ncc(Cl)c2C=O)CC1. The number of aromatic nitrogens is 2. The quantitative estimate of drug-likeness (QED) is 0.791. The Morgan fingerprint density at radius 2 is 2.25 bits per heavy atom. The van der Waals surface area contributed by atoms with Gasteiger partial charge in [0.25, 0.3) is 0 Å². The average Bonchev–Trinajstić information content (AvgIpc) is 2.79. The molecule has 2 heterocycles. The van der Waals surface area contributed by atoms with Gasteiger partial charge in [0.2, 0.25) is 5.91 Å². The van der Waals surface area contributed by atoms with E-state index in [0.29, 0.717) is 38.8 Å². The lowest BCUT2D eigenvalue weighted by molar-refractivity contribution is -0.130. The fourth-order valence-corrected chi connectivity index (χ4v) is 2.64. The molecular weight excluding hydrogens is 280 g/mol. The van der Waals surface area contributed by atoms with E-state index in [1.807, 2.05) is 0 Å². The van der Waals surface area contributed by atoms with Crippen LogP contribution in [0.2, 0.25) is 5.02 Å². The lowest BCUT2D eigenvalue weighted by Crippen LogP contribution is -2.43. The Labute approximate surface area is 121 Å². The molecule has 0 spiro atoms. The average molecular weight is 295 g/mol. The van der Waals surface area contributed by atoms with Crippen molar-refractivity contribution >= 4 is 23.8 Å². The highest BCUT2D eigenvalue weighted by Crippen LogP contribution is 2.33. The molecule has 1 amide bonds. The van der Waals surface area contributed by atoms with Crippen LogP contribution >= 0.6 is 11.6 Å². The summed E-state index contributed by atoms with van der Waals surface area (Å²) in [6.07, 6.45) is 3.18. The van der Waals surface area contributed by atoms with Crippen LogP contribution < -0.4 is 0 Å². The number of nitrogens with zero attached hydrogens (tertiary/aromatic N) is 4. The van der Waals surface area contributed by atoms with Crippen molar-refractivity contribution in [3.63, 3.8) is 0 Å². The zero-order chi connectivity index (χ0) is 14.8. The van der Waals surface area contributed by atoms with Gasteiger partial charge < -0.3 is 4.90 Å². The molecule has 1 aromatic rings. The maximum absolute atomic E-state index is 11.3. The molecule has 7 heteroatoms. The third kappa shape index (κ3) is 2.68. The number of carbonyl (C=O) groups excluding carboxylic acids is 2. The van der Waals surface area contributed by atoms with E-state index in [-0.39, 0.29) is 16.6 Å². The summed E-state index contributed by atoms with van der Waals surface area (Å²) in [6, 6.07) is 2.33. The van der Waals surface area contributed by atoms with E-state index < -0.39 is 5.41 Å². The fourth-order valence-electron chi connectivity index (χ4n) is 2.46. The summed E-state index contributed by atoms with van der Waals surface area (Å²) in [6.45, 7) is 2.94. The fraction of sp³-hybridized carbons (Fsp3) is 0.538. The molecule has 6 nitrogen and oxygen atoms in total. The van der Waals surface area contributed by atoms with Crippen LogP contribution in [0.4, 0.5) is 0 Å². The van der Waals surface area contributed by atoms with Crippen LogP contribution in [0.25, 0.3) is 0 Å². The first-order chi connectivity index (χ1) is 9.51. The number of nitriles is 1. The Kier molecular flexibility index (Phi) is 4.09. The second-order valence-corrected chi connectivity index (χ2v) is 5.46. The van der Waals surface area contributed by atoms with Crippen LogP contribution in [0.5, 0.6) is 0 Å². The highest BCUT2D eigenvalue weighted by atomic mass is 35.5. The molecule has 0 atom stereocenters. The second kappa shape index (κ2) is 5.63. The zero-order valence-corrected chi connectivity index (χ0v) is 11.9. The molecule has 1 saturated heterocycles. The smallest absolute Gasteiger partial charge is 0.219 e. The second-order valence-electron chi connectivity index (χ2n) is 5.05. The van der Waals surface area contributed by atoms with Gasteiger partial charge in [-0.3, -0.25) is 14.3 Å². The number of hydrogen-bond donors (Lipinski definition) is 0. The lowest BCUT2D eigenvalue weighted by atomic mass is 9.79. The Morgan fingerprint density at radius 3 is 2.75 bits per heavy atom. The lowest BCUT2D eigenvalue weighted by Gasteiger charge is -2.36. The number of halogens is 1. The molecule has 0 unspecified atom stereocenters. The molecule has 0 N–H and O–H groups in total. The Balaban J connectivity index is 2.16. The minimum absolute atomic E-state index is 0.0206. The number of amides is 1. The highest BCUT2D eigenvalue weighted by molar-refractivity contribution is 6.32. The number of likely N-dealkylation sites (tertiary alicyclic amines) is 1. The van der Waals surface area contributed by atoms with Gasteiger partial charge in [-0.05, 0) is 12.8 Å². The molecule has 0 aromatic carbocycles. The van der Waals surface area contributed by atoms with E-state index in [1.54, 1.807) is 4.90 Å². The number of rotatable bonds is 3. The van der Waals surface area contributed by atoms with Crippen molar-refractivity contribution in [2.24, 2.45) is 5.41 Å². The van der Waals surface area contributed by atoms with Gasteiger partial charge in [-0.25, -0.2) is 0 Å². The molecule has 0 radical (unpaired) electrons. The number of piperidine rings is 1. The van der Waals surface area contributed by atoms with Gasteiger partial charge in [-0.2, -0.15) is 10.4 Å². The molecule has 2 rings (SSSR count). The van der Waals surface area contributed by atoms with Crippen LogP contribution in [0.15, 0.2) is 6.20 Å². The summed E-state index contributed by atoms with van der Waals surface area (Å²) in [5.41, 5.74) is -0.325. The van der Waals surface area contributed by atoms with Crippen molar-refractivity contribution in [3.05, 3.63) is 16.9 Å². The summed E-state index contributed by atoms with van der Waals surface area (Å²) < 4.78 is 1.47. The maximum atomic E-state index is 11.3. The summed E-state index contributed by atoms with van der Waals surface area (Å²) in [7, 11) is 0. The first-order valence-electron chi connectivity index (χ1n) is 6.34. The Bertz CT molecular complexity index is 567. The number of aldehydes is 1. The molecule has 0 saturated carbocycles. The summed E-state index contributed by atoms with van der Waals surface area (Å²) in [5, 5.41) is 13.8. The standard InChI is InChI=1S/C13H15ClN4O2/c1-10(20)17-4-2-13(8-15,3-5-17)9-18-12(7-19)11(14)6-16-18/h6-7H,2-5,9H2,1H3. The van der Waals surface area contributed by atoms with E-state index in [4.69, 9.17) is 11.6 Å². The largest absolute Gasteiger partial charge is 0.343 e. The van der Waals surface area contributed by atoms with Gasteiger partial charge in [0.1, 0.15) is 5.69 Å². The summed E-state index contributed by atoms with van der Waals surface area (Å²) in [4.78, 5) is 24.1. The summed E-state index contributed by atoms with van der Waals surface area (Å²) in [5.74, 6) is 0.0206. The molecule has 0 bridgehead atoms. The minimum atomic E-state index is -0.612. The topological polar surface area (TPSA) is 79.0 Å². The van der Waals surface area contributed by atoms with E-state index in [0.717, 1.165) is 0 Å². The van der Waals surface area contributed by atoms with E-state index in [1.165, 1.54) is 17.8 Å². The predicted octanol–water partition coefficient (Wildman–Crippen LogP) is 1.50. The van der Waals surface area contributed by atoms with Crippen molar-refractivity contribution < 1.29 is 9.59 Å². The van der Waals surface area contributed by atoms with Gasteiger partial charge in [0, 0.05) is 20.0 Å². The van der Waals surface area contributed by atoms with Gasteiger partial charge in [-0.1, -0.05) is 11.6 Å². The third-order valence-electron chi connectivity index (χ3n) is 3.80. The van der Waals surface area contributed by atoms with Crippen LogP contribution in [-0.4, -0.2) is 40.0 Å². The van der Waals surface area contributed by atoms with E-state index in [9.17, 15) is 14.9 Å². The van der Waals surface area contributed by atoms with Crippen LogP contribution in [0, 0.1) is 16.7 Å². The zero-order valence-electron chi connectivity index (χ0n) is 11.2. The van der Waals surface area contributed by atoms with Gasteiger partial charge >= 0.3 is 0 Å². The normalized spacial score (nSPS) is 17.6. The first kappa shape index (κ1) is 14.5. The van der Waals surface area contributed by atoms with Crippen molar-refractivity contribution in [1.82, 2.24) is 14.7 Å². The molecule has 106 valence electrons. The summed E-state index contributed by atoms with van der Waals surface area (Å²) >= 11 is 5.87. The molecule has 1 aromatic heterocycles. The van der Waals surface area contributed by atoms with Crippen LogP contribution in [-0.2, 0) is 11.3 Å². The molecule has 1 aliphatic heterocycles. The molecule has 20 heavy (non-hydrogen) atoms.